The van der Waals surface area contributed by atoms with E-state index in [4.69, 9.17) is 4.74 Å². The van der Waals surface area contributed by atoms with Crippen LogP contribution in [0.4, 0.5) is 0 Å². The summed E-state index contributed by atoms with van der Waals surface area (Å²) in [6, 6.07) is 13.9. The molecule has 0 saturated carbocycles. The van der Waals surface area contributed by atoms with E-state index in [2.05, 4.69) is 19.1 Å². The molecule has 2 rings (SSSR count). The van der Waals surface area contributed by atoms with Crippen molar-refractivity contribution in [2.75, 3.05) is 0 Å². The molecule has 0 saturated heterocycles. The standard InChI is InChI=1S/C18H20O2/c1-4-15-6-8-16(9-7-15)12-20-18(19)17-10-5-13(2)11-14(17)3/h5-11H,4,12H2,1-3H3. The molecule has 0 amide bonds. The maximum Gasteiger partial charge on any atom is 0.338 e. The average Bonchev–Trinajstić information content (AvgIpc) is 2.45. The number of carbonyl (C=O) groups excluding carboxylic acids is 1. The highest BCUT2D eigenvalue weighted by atomic mass is 16.5. The van der Waals surface area contributed by atoms with Gasteiger partial charge in [-0.15, -0.1) is 0 Å². The van der Waals surface area contributed by atoms with E-state index in [1.165, 1.54) is 5.56 Å². The Morgan fingerprint density at radius 2 is 1.65 bits per heavy atom. The van der Waals surface area contributed by atoms with E-state index in [0.717, 1.165) is 23.1 Å². The summed E-state index contributed by atoms with van der Waals surface area (Å²) < 4.78 is 5.37. The van der Waals surface area contributed by atoms with Crippen molar-refractivity contribution in [2.24, 2.45) is 0 Å². The molecular formula is C18H20O2. The summed E-state index contributed by atoms with van der Waals surface area (Å²) in [6.07, 6.45) is 1.02. The van der Waals surface area contributed by atoms with Crippen LogP contribution in [0.3, 0.4) is 0 Å². The number of benzene rings is 2. The second-order valence-corrected chi connectivity index (χ2v) is 5.06. The van der Waals surface area contributed by atoms with Crippen LogP contribution in [0.1, 0.15) is 39.5 Å². The lowest BCUT2D eigenvalue weighted by Crippen LogP contribution is -2.07. The molecule has 0 aliphatic heterocycles. The second kappa shape index (κ2) is 6.38. The lowest BCUT2D eigenvalue weighted by molar-refractivity contribution is 0.0472. The van der Waals surface area contributed by atoms with Gasteiger partial charge >= 0.3 is 5.97 Å². The van der Waals surface area contributed by atoms with Crippen LogP contribution in [0.15, 0.2) is 42.5 Å². The summed E-state index contributed by atoms with van der Waals surface area (Å²) in [5.41, 5.74) is 5.04. The number of ether oxygens (including phenoxy) is 1. The van der Waals surface area contributed by atoms with Crippen molar-refractivity contribution in [2.45, 2.75) is 33.8 Å². The van der Waals surface area contributed by atoms with Gasteiger partial charge in [-0.25, -0.2) is 4.79 Å². The predicted octanol–water partition coefficient (Wildman–Crippen LogP) is 4.22. The molecule has 2 heteroatoms. The molecule has 0 aromatic heterocycles. The summed E-state index contributed by atoms with van der Waals surface area (Å²) in [7, 11) is 0. The first kappa shape index (κ1) is 14.3. The molecule has 0 radical (unpaired) electrons. The van der Waals surface area contributed by atoms with Crippen molar-refractivity contribution in [1.82, 2.24) is 0 Å². The topological polar surface area (TPSA) is 26.3 Å². The Morgan fingerprint density at radius 1 is 1.00 bits per heavy atom. The monoisotopic (exact) mass is 268 g/mol. The highest BCUT2D eigenvalue weighted by Crippen LogP contribution is 2.13. The van der Waals surface area contributed by atoms with E-state index in [1.807, 2.05) is 44.2 Å². The highest BCUT2D eigenvalue weighted by Gasteiger charge is 2.10. The zero-order valence-electron chi connectivity index (χ0n) is 12.3. The Morgan fingerprint density at radius 3 is 2.25 bits per heavy atom. The third-order valence-electron chi connectivity index (χ3n) is 3.40. The Labute approximate surface area is 120 Å². The van der Waals surface area contributed by atoms with Crippen LogP contribution >= 0.6 is 0 Å². The van der Waals surface area contributed by atoms with E-state index in [0.29, 0.717) is 12.2 Å². The molecule has 0 aliphatic rings. The van der Waals surface area contributed by atoms with E-state index in [9.17, 15) is 4.79 Å². The van der Waals surface area contributed by atoms with Gasteiger partial charge in [-0.2, -0.15) is 0 Å². The molecule has 2 aromatic rings. The summed E-state index contributed by atoms with van der Waals surface area (Å²) >= 11 is 0. The van der Waals surface area contributed by atoms with Crippen molar-refractivity contribution in [3.05, 3.63) is 70.3 Å². The fourth-order valence-corrected chi connectivity index (χ4v) is 2.14. The van der Waals surface area contributed by atoms with Gasteiger partial charge in [0.2, 0.25) is 0 Å². The molecule has 2 nitrogen and oxygen atoms in total. The van der Waals surface area contributed by atoms with Crippen LogP contribution in [-0.4, -0.2) is 5.97 Å². The minimum absolute atomic E-state index is 0.262. The number of hydrogen-bond acceptors (Lipinski definition) is 2. The fraction of sp³-hybridized carbons (Fsp3) is 0.278. The number of rotatable bonds is 4. The summed E-state index contributed by atoms with van der Waals surface area (Å²) in [6.45, 7) is 6.38. The average molecular weight is 268 g/mol. The predicted molar refractivity (Wildman–Crippen MR) is 80.9 cm³/mol. The fourth-order valence-electron chi connectivity index (χ4n) is 2.14. The third kappa shape index (κ3) is 3.47. The van der Waals surface area contributed by atoms with Gasteiger partial charge in [-0.1, -0.05) is 48.9 Å². The van der Waals surface area contributed by atoms with Crippen LogP contribution in [0.25, 0.3) is 0 Å². The Hall–Kier alpha value is -2.09. The van der Waals surface area contributed by atoms with Gasteiger partial charge in [-0.05, 0) is 43.0 Å². The van der Waals surface area contributed by atoms with Crippen molar-refractivity contribution in [3.8, 4) is 0 Å². The van der Waals surface area contributed by atoms with Crippen LogP contribution in [0.5, 0.6) is 0 Å². The lowest BCUT2D eigenvalue weighted by Gasteiger charge is -2.08. The Bertz CT molecular complexity index is 597. The maximum absolute atomic E-state index is 12.1. The maximum atomic E-state index is 12.1. The van der Waals surface area contributed by atoms with Crippen molar-refractivity contribution >= 4 is 5.97 Å². The molecule has 0 bridgehead atoms. The van der Waals surface area contributed by atoms with Crippen LogP contribution in [-0.2, 0) is 17.8 Å². The first-order chi connectivity index (χ1) is 9.60. The normalized spacial score (nSPS) is 10.3. The van der Waals surface area contributed by atoms with Crippen LogP contribution in [0.2, 0.25) is 0 Å². The van der Waals surface area contributed by atoms with Gasteiger partial charge in [0.1, 0.15) is 6.61 Å². The van der Waals surface area contributed by atoms with Gasteiger partial charge in [0.25, 0.3) is 0 Å². The summed E-state index contributed by atoms with van der Waals surface area (Å²) in [5, 5.41) is 0. The van der Waals surface area contributed by atoms with Gasteiger partial charge in [0.05, 0.1) is 5.56 Å². The molecule has 0 atom stereocenters. The zero-order chi connectivity index (χ0) is 14.5. The molecule has 0 heterocycles. The van der Waals surface area contributed by atoms with E-state index in [-0.39, 0.29) is 5.97 Å². The largest absolute Gasteiger partial charge is 0.457 e. The first-order valence-electron chi connectivity index (χ1n) is 6.92. The van der Waals surface area contributed by atoms with Crippen LogP contribution < -0.4 is 0 Å². The zero-order valence-corrected chi connectivity index (χ0v) is 12.3. The molecule has 0 fully saturated rings. The minimum atomic E-state index is -0.262. The van der Waals surface area contributed by atoms with Crippen molar-refractivity contribution in [1.29, 1.82) is 0 Å². The van der Waals surface area contributed by atoms with Crippen molar-refractivity contribution in [3.63, 3.8) is 0 Å². The van der Waals surface area contributed by atoms with E-state index in [1.54, 1.807) is 0 Å². The molecule has 2 aromatic carbocycles. The van der Waals surface area contributed by atoms with Crippen LogP contribution in [0, 0.1) is 13.8 Å². The molecule has 0 unspecified atom stereocenters. The molecule has 0 aliphatic carbocycles. The molecule has 0 spiro atoms. The van der Waals surface area contributed by atoms with Gasteiger partial charge in [0.15, 0.2) is 0 Å². The number of carbonyl (C=O) groups is 1. The smallest absolute Gasteiger partial charge is 0.338 e. The SMILES string of the molecule is CCc1ccc(COC(=O)c2ccc(C)cc2C)cc1. The second-order valence-electron chi connectivity index (χ2n) is 5.06. The summed E-state index contributed by atoms with van der Waals surface area (Å²) in [4.78, 5) is 12.1. The van der Waals surface area contributed by atoms with E-state index < -0.39 is 0 Å². The number of aryl methyl sites for hydroxylation is 3. The van der Waals surface area contributed by atoms with Gasteiger partial charge in [-0.3, -0.25) is 0 Å². The lowest BCUT2D eigenvalue weighted by atomic mass is 10.1. The van der Waals surface area contributed by atoms with Gasteiger partial charge < -0.3 is 4.74 Å². The molecule has 20 heavy (non-hydrogen) atoms. The first-order valence-corrected chi connectivity index (χ1v) is 6.92. The molecule has 0 N–H and O–H groups in total. The van der Waals surface area contributed by atoms with E-state index >= 15 is 0 Å². The minimum Gasteiger partial charge on any atom is -0.457 e. The van der Waals surface area contributed by atoms with Crippen molar-refractivity contribution < 1.29 is 9.53 Å². The number of esters is 1. The molecular weight excluding hydrogens is 248 g/mol. The summed E-state index contributed by atoms with van der Waals surface area (Å²) in [5.74, 6) is -0.262. The highest BCUT2D eigenvalue weighted by molar-refractivity contribution is 5.91. The quantitative estimate of drug-likeness (QED) is 0.776. The molecule has 104 valence electrons. The third-order valence-corrected chi connectivity index (χ3v) is 3.40. The number of hydrogen-bond donors (Lipinski definition) is 0. The van der Waals surface area contributed by atoms with Gasteiger partial charge in [0, 0.05) is 0 Å². The Balaban J connectivity index is 2.00. The Kier molecular flexibility index (Phi) is 4.57.